The van der Waals surface area contributed by atoms with Crippen LogP contribution in [0.3, 0.4) is 0 Å². The van der Waals surface area contributed by atoms with Gasteiger partial charge in [-0.15, -0.1) is 0 Å². The Bertz CT molecular complexity index is 512. The van der Waals surface area contributed by atoms with Crippen LogP contribution in [-0.4, -0.2) is 29.3 Å². The summed E-state index contributed by atoms with van der Waals surface area (Å²) in [6.45, 7) is 10.3. The summed E-state index contributed by atoms with van der Waals surface area (Å²) < 4.78 is 0. The highest BCUT2D eigenvalue weighted by atomic mass is 29.3. The van der Waals surface area contributed by atoms with Crippen LogP contribution < -0.4 is 10.1 Å². The molecule has 0 fully saturated rings. The van der Waals surface area contributed by atoms with Gasteiger partial charge >= 0.3 is 0 Å². The van der Waals surface area contributed by atoms with Crippen LogP contribution in [0.2, 0.25) is 31.7 Å². The maximum absolute atomic E-state index is 2.57. The van der Waals surface area contributed by atoms with Crippen LogP contribution in [-0.2, 0) is 0 Å². The summed E-state index contributed by atoms with van der Waals surface area (Å²) in [6.07, 6.45) is 9.27. The Morgan fingerprint density at radius 2 is 1.35 bits per heavy atom. The number of anilines is 1. The molecule has 0 unspecified atom stereocenters. The average Bonchev–Trinajstić information content (AvgIpc) is 2.93. The zero-order valence-electron chi connectivity index (χ0n) is 13.6. The van der Waals surface area contributed by atoms with Crippen molar-refractivity contribution in [1.82, 2.24) is 0 Å². The van der Waals surface area contributed by atoms with E-state index in [1.165, 1.54) is 5.69 Å². The van der Waals surface area contributed by atoms with Crippen molar-refractivity contribution in [3.05, 3.63) is 48.6 Å². The third-order valence-electron chi connectivity index (χ3n) is 5.30. The molecule has 0 saturated heterocycles. The normalized spacial score (nSPS) is 15.9. The van der Waals surface area contributed by atoms with Crippen LogP contribution in [0.4, 0.5) is 5.69 Å². The number of allylic oxidation sites excluding steroid dienone is 4. The van der Waals surface area contributed by atoms with Crippen molar-refractivity contribution in [2.45, 2.75) is 31.7 Å². The number of hydrogen-bond donors (Lipinski definition) is 0. The summed E-state index contributed by atoms with van der Waals surface area (Å²) in [7, 11) is 1.46. The zero-order chi connectivity index (χ0) is 15.0. The first kappa shape index (κ1) is 15.3. The molecule has 0 bridgehead atoms. The highest BCUT2D eigenvalue weighted by molar-refractivity contribution is 7.46. The number of nitrogens with zero attached hydrogens (tertiary/aromatic N) is 1. The van der Waals surface area contributed by atoms with Crippen molar-refractivity contribution >= 4 is 26.1 Å². The van der Waals surface area contributed by atoms with Crippen molar-refractivity contribution in [1.29, 1.82) is 0 Å². The molecule has 0 spiro atoms. The first-order chi connectivity index (χ1) is 9.26. The van der Waals surface area contributed by atoms with E-state index < -0.39 is 15.2 Å². The van der Waals surface area contributed by atoms with Crippen LogP contribution in [0.25, 0.3) is 0 Å². The Balaban J connectivity index is 2.33. The van der Waals surface area contributed by atoms with Gasteiger partial charge in [0.15, 0.2) is 0 Å². The van der Waals surface area contributed by atoms with E-state index in [1.54, 1.807) is 5.19 Å². The zero-order valence-corrected chi connectivity index (χ0v) is 15.6. The fraction of sp³-hybridized carbons (Fsp3) is 0.412. The molecule has 1 aliphatic rings. The second-order valence-electron chi connectivity index (χ2n) is 7.08. The van der Waals surface area contributed by atoms with Crippen LogP contribution in [0, 0.1) is 0 Å². The Morgan fingerprint density at radius 3 is 1.80 bits per heavy atom. The maximum atomic E-state index is 2.57. The average molecular weight is 302 g/mol. The Labute approximate surface area is 125 Å². The minimum Gasteiger partial charge on any atom is -0.378 e. The van der Waals surface area contributed by atoms with Crippen LogP contribution in [0.5, 0.6) is 0 Å². The second-order valence-corrected chi connectivity index (χ2v) is 22.6. The highest BCUT2D eigenvalue weighted by Crippen LogP contribution is 2.35. The van der Waals surface area contributed by atoms with Crippen molar-refractivity contribution in [3.8, 4) is 0 Å². The largest absolute Gasteiger partial charge is 0.378 e. The minimum atomic E-state index is -1.41. The van der Waals surface area contributed by atoms with Crippen molar-refractivity contribution in [2.24, 2.45) is 0 Å². The van der Waals surface area contributed by atoms with Gasteiger partial charge in [0.1, 0.15) is 0 Å². The van der Waals surface area contributed by atoms with Gasteiger partial charge in [-0.1, -0.05) is 67.8 Å². The SMILES string of the molecule is CN(C)c1ccc([Si](C)(C)[Si](C)(C)C2C=CC=C2)cc1. The molecule has 0 saturated carbocycles. The Morgan fingerprint density at radius 1 is 0.850 bits per heavy atom. The molecule has 0 radical (unpaired) electrons. The van der Waals surface area contributed by atoms with E-state index in [-0.39, 0.29) is 0 Å². The van der Waals surface area contributed by atoms with E-state index in [9.17, 15) is 0 Å². The lowest BCUT2D eigenvalue weighted by atomic mass is 10.3. The lowest BCUT2D eigenvalue weighted by Crippen LogP contribution is -2.64. The van der Waals surface area contributed by atoms with Crippen LogP contribution in [0.15, 0.2) is 48.6 Å². The highest BCUT2D eigenvalue weighted by Gasteiger charge is 2.46. The van der Waals surface area contributed by atoms with Gasteiger partial charge in [0, 0.05) is 19.8 Å². The van der Waals surface area contributed by atoms with Crippen molar-refractivity contribution < 1.29 is 0 Å². The summed E-state index contributed by atoms with van der Waals surface area (Å²) in [6, 6.07) is 9.29. The lowest BCUT2D eigenvalue weighted by Gasteiger charge is -2.42. The van der Waals surface area contributed by atoms with Gasteiger partial charge in [-0.25, -0.2) is 0 Å². The smallest absolute Gasteiger partial charge is 0.0748 e. The molecule has 0 aliphatic heterocycles. The van der Waals surface area contributed by atoms with Gasteiger partial charge in [-0.05, 0) is 17.7 Å². The molecule has 1 aromatic rings. The van der Waals surface area contributed by atoms with E-state index in [4.69, 9.17) is 0 Å². The minimum absolute atomic E-state index is 0.706. The van der Waals surface area contributed by atoms with Crippen molar-refractivity contribution in [3.63, 3.8) is 0 Å². The van der Waals surface area contributed by atoms with Gasteiger partial charge in [0.2, 0.25) is 0 Å². The molecule has 0 heterocycles. The molecule has 0 N–H and O–H groups in total. The van der Waals surface area contributed by atoms with E-state index in [0.29, 0.717) is 5.54 Å². The standard InChI is InChI=1S/C17H27NSi2/c1-18(2)15-11-13-17(14-12-15)20(5,6)19(3,4)16-9-7-8-10-16/h7-14,16H,1-6H3. The van der Waals surface area contributed by atoms with Crippen LogP contribution >= 0.6 is 0 Å². The quantitative estimate of drug-likeness (QED) is 0.761. The molecule has 1 nitrogen and oxygen atoms in total. The first-order valence-electron chi connectivity index (χ1n) is 7.39. The van der Waals surface area contributed by atoms with Gasteiger partial charge < -0.3 is 4.90 Å². The topological polar surface area (TPSA) is 3.24 Å². The van der Waals surface area contributed by atoms with Crippen LogP contribution in [0.1, 0.15) is 0 Å². The Kier molecular flexibility index (Phi) is 4.12. The van der Waals surface area contributed by atoms with E-state index in [2.05, 4.69) is 93.8 Å². The molecular formula is C17H27NSi2. The number of rotatable bonds is 4. The fourth-order valence-electron chi connectivity index (χ4n) is 2.88. The summed E-state index contributed by atoms with van der Waals surface area (Å²) >= 11 is 0. The summed E-state index contributed by atoms with van der Waals surface area (Å²) in [5.74, 6) is 0. The second kappa shape index (κ2) is 5.37. The fourth-order valence-corrected chi connectivity index (χ4v) is 12.4. The molecule has 1 aliphatic carbocycles. The summed E-state index contributed by atoms with van der Waals surface area (Å²) in [5, 5.41) is 1.61. The summed E-state index contributed by atoms with van der Waals surface area (Å²) in [4.78, 5) is 2.17. The molecule has 3 heteroatoms. The molecule has 20 heavy (non-hydrogen) atoms. The van der Waals surface area contributed by atoms with E-state index in [0.717, 1.165) is 0 Å². The maximum Gasteiger partial charge on any atom is 0.0748 e. The summed E-state index contributed by atoms with van der Waals surface area (Å²) in [5.41, 5.74) is 2.00. The van der Waals surface area contributed by atoms with Crippen molar-refractivity contribution in [2.75, 3.05) is 19.0 Å². The molecule has 1 aromatic carbocycles. The first-order valence-corrected chi connectivity index (χ1v) is 14.5. The van der Waals surface area contributed by atoms with Gasteiger partial charge in [-0.3, -0.25) is 0 Å². The predicted octanol–water partition coefficient (Wildman–Crippen LogP) is 3.95. The molecular weight excluding hydrogens is 274 g/mol. The predicted molar refractivity (Wildman–Crippen MR) is 97.4 cm³/mol. The van der Waals surface area contributed by atoms with E-state index >= 15 is 0 Å². The third-order valence-corrected chi connectivity index (χ3v) is 23.9. The Hall–Kier alpha value is -1.07. The van der Waals surface area contributed by atoms with E-state index in [1.807, 2.05) is 0 Å². The third kappa shape index (κ3) is 2.57. The lowest BCUT2D eigenvalue weighted by molar-refractivity contribution is 1.13. The number of hydrogen-bond acceptors (Lipinski definition) is 1. The molecule has 0 amide bonds. The molecule has 108 valence electrons. The molecule has 2 rings (SSSR count). The van der Waals surface area contributed by atoms with Gasteiger partial charge in [0.25, 0.3) is 0 Å². The van der Waals surface area contributed by atoms with Gasteiger partial charge in [-0.2, -0.15) is 0 Å². The monoisotopic (exact) mass is 301 g/mol. The molecule has 0 atom stereocenters. The molecule has 0 aromatic heterocycles. The van der Waals surface area contributed by atoms with Gasteiger partial charge in [0.05, 0.1) is 15.2 Å². The number of benzene rings is 1.